The minimum Gasteiger partial charge on any atom is -0.493 e. The fourth-order valence-corrected chi connectivity index (χ4v) is 2.99. The first-order valence-electron chi connectivity index (χ1n) is 9.71. The van der Waals surface area contributed by atoms with Gasteiger partial charge in [-0.1, -0.05) is 18.2 Å². The van der Waals surface area contributed by atoms with Crippen molar-refractivity contribution in [3.8, 4) is 5.75 Å². The van der Waals surface area contributed by atoms with Crippen LogP contribution in [0.3, 0.4) is 0 Å². The van der Waals surface area contributed by atoms with Crippen LogP contribution in [0, 0.1) is 6.92 Å². The average molecular weight is 377 g/mol. The summed E-state index contributed by atoms with van der Waals surface area (Å²) < 4.78 is 10.9. The summed E-state index contributed by atoms with van der Waals surface area (Å²) in [6.07, 6.45) is 2.44. The summed E-state index contributed by atoms with van der Waals surface area (Å²) in [5, 5.41) is 6.76. The highest BCUT2D eigenvalue weighted by molar-refractivity contribution is 5.80. The Hall–Kier alpha value is -2.44. The van der Waals surface area contributed by atoms with Crippen molar-refractivity contribution >= 4 is 12.1 Å². The largest absolute Gasteiger partial charge is 0.493 e. The lowest BCUT2D eigenvalue weighted by molar-refractivity contribution is 0.0963. The van der Waals surface area contributed by atoms with Crippen molar-refractivity contribution in [1.29, 1.82) is 0 Å². The maximum absolute atomic E-state index is 11.7. The summed E-state index contributed by atoms with van der Waals surface area (Å²) in [4.78, 5) is 17.8. The zero-order chi connectivity index (χ0) is 19.5. The maximum atomic E-state index is 11.7. The molecular weight excluding hydrogens is 344 g/mol. The highest BCUT2D eigenvalue weighted by Crippen LogP contribution is 2.16. The van der Waals surface area contributed by atoms with Gasteiger partial charge in [-0.25, -0.2) is 4.79 Å². The molecule has 0 aromatic heterocycles. The van der Waals surface area contributed by atoms with Crippen LogP contribution in [0.4, 0.5) is 4.79 Å². The third-order valence-corrected chi connectivity index (χ3v) is 4.55. The van der Waals surface area contributed by atoms with Crippen LogP contribution in [-0.4, -0.2) is 62.9 Å². The quantitative estimate of drug-likeness (QED) is 0.435. The SMILES string of the molecule is CCOC(=O)N1CCC(NC(=NC)NCCCOc2ccccc2C)CC1. The van der Waals surface area contributed by atoms with Crippen LogP contribution < -0.4 is 15.4 Å². The Morgan fingerprint density at radius 1 is 1.30 bits per heavy atom. The molecule has 0 unspecified atom stereocenters. The van der Waals surface area contributed by atoms with Gasteiger partial charge in [0.1, 0.15) is 5.75 Å². The zero-order valence-electron chi connectivity index (χ0n) is 16.7. The number of guanidine groups is 1. The molecule has 1 aromatic carbocycles. The van der Waals surface area contributed by atoms with Crippen LogP contribution in [0.5, 0.6) is 5.75 Å². The first-order valence-corrected chi connectivity index (χ1v) is 9.71. The van der Waals surface area contributed by atoms with Gasteiger partial charge in [0.05, 0.1) is 13.2 Å². The minimum absolute atomic E-state index is 0.216. The minimum atomic E-state index is -0.216. The molecule has 1 saturated heterocycles. The Bertz CT molecular complexity index is 613. The number of rotatable bonds is 7. The third kappa shape index (κ3) is 7.00. The molecular formula is C20H32N4O3. The number of piperidine rings is 1. The van der Waals surface area contributed by atoms with Crippen molar-refractivity contribution in [3.05, 3.63) is 29.8 Å². The van der Waals surface area contributed by atoms with E-state index in [2.05, 4.69) is 15.6 Å². The summed E-state index contributed by atoms with van der Waals surface area (Å²) in [6.45, 7) is 7.15. The van der Waals surface area contributed by atoms with E-state index in [1.165, 1.54) is 0 Å². The smallest absolute Gasteiger partial charge is 0.409 e. The van der Waals surface area contributed by atoms with Gasteiger partial charge in [-0.2, -0.15) is 0 Å². The fraction of sp³-hybridized carbons (Fsp3) is 0.600. The van der Waals surface area contributed by atoms with Gasteiger partial charge >= 0.3 is 6.09 Å². The van der Waals surface area contributed by atoms with Crippen LogP contribution in [-0.2, 0) is 4.74 Å². The number of likely N-dealkylation sites (tertiary alicyclic amines) is 1. The molecule has 2 rings (SSSR count). The Labute approximate surface area is 162 Å². The van der Waals surface area contributed by atoms with Crippen LogP contribution >= 0.6 is 0 Å². The Morgan fingerprint density at radius 2 is 2.04 bits per heavy atom. The van der Waals surface area contributed by atoms with Crippen LogP contribution in [0.15, 0.2) is 29.3 Å². The topological polar surface area (TPSA) is 75.2 Å². The number of carbonyl (C=O) groups is 1. The van der Waals surface area contributed by atoms with E-state index in [9.17, 15) is 4.79 Å². The van der Waals surface area contributed by atoms with E-state index in [-0.39, 0.29) is 6.09 Å². The molecule has 27 heavy (non-hydrogen) atoms. The third-order valence-electron chi connectivity index (χ3n) is 4.55. The first-order chi connectivity index (χ1) is 13.1. The van der Waals surface area contributed by atoms with Crippen molar-refractivity contribution in [3.63, 3.8) is 0 Å². The number of carbonyl (C=O) groups excluding carboxylic acids is 1. The van der Waals surface area contributed by atoms with Gasteiger partial charge in [-0.15, -0.1) is 0 Å². The number of aliphatic imine (C=N–C) groups is 1. The number of benzene rings is 1. The molecule has 1 fully saturated rings. The average Bonchev–Trinajstić information content (AvgIpc) is 2.68. The predicted molar refractivity (Wildman–Crippen MR) is 107 cm³/mol. The summed E-state index contributed by atoms with van der Waals surface area (Å²) >= 11 is 0. The molecule has 0 saturated carbocycles. The molecule has 150 valence electrons. The van der Waals surface area contributed by atoms with Gasteiger partial charge in [0.2, 0.25) is 0 Å². The molecule has 0 spiro atoms. The lowest BCUT2D eigenvalue weighted by atomic mass is 10.1. The molecule has 1 aliphatic heterocycles. The molecule has 1 aliphatic rings. The molecule has 1 aromatic rings. The standard InChI is InChI=1S/C20H32N4O3/c1-4-26-20(25)24-13-10-17(11-14-24)23-19(21-3)22-12-7-15-27-18-9-6-5-8-16(18)2/h5-6,8-9,17H,4,7,10-15H2,1-3H3,(H2,21,22,23). The Morgan fingerprint density at radius 3 is 2.70 bits per heavy atom. The number of nitrogens with one attached hydrogen (secondary N) is 2. The number of nitrogens with zero attached hydrogens (tertiary/aromatic N) is 2. The van der Waals surface area contributed by atoms with Crippen molar-refractivity contribution < 1.29 is 14.3 Å². The predicted octanol–water partition coefficient (Wildman–Crippen LogP) is 2.55. The number of para-hydroxylation sites is 1. The van der Waals surface area contributed by atoms with E-state index in [1.54, 1.807) is 11.9 Å². The van der Waals surface area contributed by atoms with Crippen molar-refractivity contribution in [2.75, 3.05) is 39.9 Å². The molecule has 0 radical (unpaired) electrons. The van der Waals surface area contributed by atoms with E-state index in [4.69, 9.17) is 9.47 Å². The van der Waals surface area contributed by atoms with Crippen molar-refractivity contribution in [2.24, 2.45) is 4.99 Å². The Balaban J connectivity index is 1.62. The summed E-state index contributed by atoms with van der Waals surface area (Å²) in [5.41, 5.74) is 1.15. The van der Waals surface area contributed by atoms with E-state index in [0.29, 0.717) is 32.3 Å². The lowest BCUT2D eigenvalue weighted by Gasteiger charge is -2.32. The summed E-state index contributed by atoms with van der Waals surface area (Å²) in [6, 6.07) is 8.35. The molecule has 2 N–H and O–H groups in total. The van der Waals surface area contributed by atoms with Gasteiger partial charge in [-0.05, 0) is 44.7 Å². The second kappa shape index (κ2) is 11.3. The number of hydrogen-bond donors (Lipinski definition) is 2. The molecule has 7 heteroatoms. The van der Waals surface area contributed by atoms with Gasteiger partial charge in [0.25, 0.3) is 0 Å². The van der Waals surface area contributed by atoms with Crippen molar-refractivity contribution in [1.82, 2.24) is 15.5 Å². The first kappa shape index (κ1) is 20.9. The highest BCUT2D eigenvalue weighted by Gasteiger charge is 2.23. The fourth-order valence-electron chi connectivity index (χ4n) is 2.99. The normalized spacial score (nSPS) is 15.4. The lowest BCUT2D eigenvalue weighted by Crippen LogP contribution is -2.50. The van der Waals surface area contributed by atoms with Crippen LogP contribution in [0.25, 0.3) is 0 Å². The maximum Gasteiger partial charge on any atom is 0.409 e. The molecule has 0 atom stereocenters. The van der Waals surface area contributed by atoms with Crippen LogP contribution in [0.2, 0.25) is 0 Å². The van der Waals surface area contributed by atoms with E-state index < -0.39 is 0 Å². The van der Waals surface area contributed by atoms with Gasteiger partial charge in [0.15, 0.2) is 5.96 Å². The molecule has 0 aliphatic carbocycles. The monoisotopic (exact) mass is 376 g/mol. The summed E-state index contributed by atoms with van der Waals surface area (Å²) in [7, 11) is 1.77. The number of hydrogen-bond acceptors (Lipinski definition) is 4. The molecule has 1 amide bonds. The highest BCUT2D eigenvalue weighted by atomic mass is 16.6. The number of ether oxygens (including phenoxy) is 2. The van der Waals surface area contributed by atoms with Gasteiger partial charge < -0.3 is 25.0 Å². The van der Waals surface area contributed by atoms with Crippen molar-refractivity contribution in [2.45, 2.75) is 39.2 Å². The van der Waals surface area contributed by atoms with E-state index in [1.807, 2.05) is 38.1 Å². The molecule has 0 bridgehead atoms. The second-order valence-electron chi connectivity index (χ2n) is 6.57. The number of amides is 1. The number of aryl methyl sites for hydroxylation is 1. The Kier molecular flexibility index (Phi) is 8.74. The van der Waals surface area contributed by atoms with E-state index in [0.717, 1.165) is 43.1 Å². The molecule has 7 nitrogen and oxygen atoms in total. The molecule has 1 heterocycles. The second-order valence-corrected chi connectivity index (χ2v) is 6.57. The van der Waals surface area contributed by atoms with E-state index >= 15 is 0 Å². The zero-order valence-corrected chi connectivity index (χ0v) is 16.7. The van der Waals surface area contributed by atoms with Crippen LogP contribution in [0.1, 0.15) is 31.7 Å². The van der Waals surface area contributed by atoms with Gasteiger partial charge in [-0.3, -0.25) is 4.99 Å². The van der Waals surface area contributed by atoms with Gasteiger partial charge in [0, 0.05) is 32.7 Å². The summed E-state index contributed by atoms with van der Waals surface area (Å²) in [5.74, 6) is 1.73.